The number of carbonyl (C=O) groups excluding carboxylic acids is 2. The van der Waals surface area contributed by atoms with E-state index in [1.54, 1.807) is 0 Å². The van der Waals surface area contributed by atoms with Crippen LogP contribution in [0.25, 0.3) is 0 Å². The van der Waals surface area contributed by atoms with E-state index >= 15 is 0 Å². The van der Waals surface area contributed by atoms with Gasteiger partial charge in [-0.2, -0.15) is 0 Å². The summed E-state index contributed by atoms with van der Waals surface area (Å²) in [5.74, 6) is 0.437. The number of aryl methyl sites for hydroxylation is 1. The third kappa shape index (κ3) is 4.25. The maximum atomic E-state index is 12.9. The molecule has 0 aliphatic heterocycles. The van der Waals surface area contributed by atoms with Gasteiger partial charge in [0.05, 0.1) is 0 Å². The summed E-state index contributed by atoms with van der Waals surface area (Å²) >= 11 is 0. The third-order valence-corrected chi connectivity index (χ3v) is 5.40. The lowest BCUT2D eigenvalue weighted by atomic mass is 9.73. The Labute approximate surface area is 150 Å². The topological polar surface area (TPSA) is 34.1 Å². The summed E-state index contributed by atoms with van der Waals surface area (Å²) in [6.07, 6.45) is 5.01. The number of benzene rings is 2. The molecule has 1 aliphatic rings. The minimum Gasteiger partial charge on any atom is -0.299 e. The third-order valence-electron chi connectivity index (χ3n) is 5.40. The Balaban J connectivity index is 1.83. The van der Waals surface area contributed by atoms with Crippen molar-refractivity contribution in [3.05, 3.63) is 71.3 Å². The van der Waals surface area contributed by atoms with Gasteiger partial charge in [0.1, 0.15) is 5.78 Å². The zero-order chi connectivity index (χ0) is 17.6. The fraction of sp³-hybridized carbons (Fsp3) is 0.391. The van der Waals surface area contributed by atoms with Gasteiger partial charge >= 0.3 is 0 Å². The first-order valence-corrected chi connectivity index (χ1v) is 9.39. The normalized spacial score (nSPS) is 18.8. The van der Waals surface area contributed by atoms with Crippen LogP contribution in [0.2, 0.25) is 0 Å². The fourth-order valence-electron chi connectivity index (χ4n) is 3.87. The van der Waals surface area contributed by atoms with E-state index in [1.165, 1.54) is 5.56 Å². The van der Waals surface area contributed by atoms with Crippen molar-refractivity contribution in [2.45, 2.75) is 51.4 Å². The smallest absolute Gasteiger partial charge is 0.163 e. The molecule has 0 aromatic heterocycles. The van der Waals surface area contributed by atoms with Crippen molar-refractivity contribution in [1.29, 1.82) is 0 Å². The lowest BCUT2D eigenvalue weighted by Crippen LogP contribution is -2.27. The zero-order valence-corrected chi connectivity index (χ0v) is 14.9. The number of hydrogen-bond acceptors (Lipinski definition) is 2. The summed E-state index contributed by atoms with van der Waals surface area (Å²) in [6.45, 7) is 2.11. The standard InChI is InChI=1S/C23H26O2/c1-2-17-12-14-19(15-13-17)23(25)16-21(18-8-4-3-5-9-18)20-10-6-7-11-22(20)24/h3-5,8-9,12-15,20-21H,2,6-7,10-11,16H2,1H3/t20-,21-/m1/s1. The highest BCUT2D eigenvalue weighted by molar-refractivity contribution is 5.97. The van der Waals surface area contributed by atoms with Crippen molar-refractivity contribution < 1.29 is 9.59 Å². The van der Waals surface area contributed by atoms with Gasteiger partial charge in [-0.15, -0.1) is 0 Å². The Kier molecular flexibility index (Phi) is 5.80. The van der Waals surface area contributed by atoms with Crippen LogP contribution in [0.15, 0.2) is 54.6 Å². The molecule has 1 fully saturated rings. The van der Waals surface area contributed by atoms with Crippen LogP contribution in [0.1, 0.15) is 66.4 Å². The van der Waals surface area contributed by atoms with Gasteiger partial charge in [0.25, 0.3) is 0 Å². The molecule has 0 spiro atoms. The van der Waals surface area contributed by atoms with Gasteiger partial charge in [-0.3, -0.25) is 9.59 Å². The van der Waals surface area contributed by atoms with Crippen molar-refractivity contribution in [2.75, 3.05) is 0 Å². The lowest BCUT2D eigenvalue weighted by molar-refractivity contribution is -0.125. The van der Waals surface area contributed by atoms with E-state index in [-0.39, 0.29) is 17.6 Å². The van der Waals surface area contributed by atoms with Gasteiger partial charge in [0, 0.05) is 30.2 Å². The summed E-state index contributed by atoms with van der Waals surface area (Å²) in [4.78, 5) is 25.4. The molecule has 25 heavy (non-hydrogen) atoms. The Morgan fingerprint density at radius 1 is 1.04 bits per heavy atom. The van der Waals surface area contributed by atoms with Crippen LogP contribution in [0.5, 0.6) is 0 Å². The Morgan fingerprint density at radius 3 is 2.40 bits per heavy atom. The van der Waals surface area contributed by atoms with E-state index in [0.29, 0.717) is 18.6 Å². The van der Waals surface area contributed by atoms with Gasteiger partial charge in [-0.05, 0) is 30.4 Å². The number of hydrogen-bond donors (Lipinski definition) is 0. The van der Waals surface area contributed by atoms with Crippen LogP contribution in [0.3, 0.4) is 0 Å². The van der Waals surface area contributed by atoms with Crippen LogP contribution in [0.4, 0.5) is 0 Å². The van der Waals surface area contributed by atoms with Gasteiger partial charge < -0.3 is 0 Å². The molecule has 3 rings (SSSR count). The number of ketones is 2. The van der Waals surface area contributed by atoms with Crippen molar-refractivity contribution in [3.63, 3.8) is 0 Å². The molecule has 2 heteroatoms. The summed E-state index contributed by atoms with van der Waals surface area (Å²) in [5.41, 5.74) is 3.10. The highest BCUT2D eigenvalue weighted by Crippen LogP contribution is 2.37. The van der Waals surface area contributed by atoms with Crippen LogP contribution in [-0.2, 0) is 11.2 Å². The molecular weight excluding hydrogens is 308 g/mol. The molecule has 0 heterocycles. The molecule has 2 atom stereocenters. The lowest BCUT2D eigenvalue weighted by Gasteiger charge is -2.29. The van der Waals surface area contributed by atoms with Gasteiger partial charge in [-0.25, -0.2) is 0 Å². The molecule has 0 amide bonds. The molecular formula is C23H26O2. The SMILES string of the molecule is CCc1ccc(C(=O)C[C@H](c2ccccc2)[C@H]2CCCCC2=O)cc1. The fourth-order valence-corrected chi connectivity index (χ4v) is 3.87. The van der Waals surface area contributed by atoms with Crippen molar-refractivity contribution in [2.24, 2.45) is 5.92 Å². The predicted octanol–water partition coefficient (Wildman–Crippen LogP) is 5.36. The molecule has 1 saturated carbocycles. The first-order chi connectivity index (χ1) is 12.2. The molecule has 1 aliphatic carbocycles. The monoisotopic (exact) mass is 334 g/mol. The molecule has 2 aromatic rings. The second kappa shape index (κ2) is 8.24. The van der Waals surface area contributed by atoms with E-state index in [1.807, 2.05) is 42.5 Å². The molecule has 2 nitrogen and oxygen atoms in total. The Bertz CT molecular complexity index is 716. The number of Topliss-reactive ketones (excluding diaryl/α,β-unsaturated/α-hetero) is 2. The molecule has 130 valence electrons. The van der Waals surface area contributed by atoms with E-state index in [2.05, 4.69) is 19.1 Å². The summed E-state index contributed by atoms with van der Waals surface area (Å²) in [6, 6.07) is 18.0. The largest absolute Gasteiger partial charge is 0.299 e. The molecule has 0 bridgehead atoms. The second-order valence-electron chi connectivity index (χ2n) is 7.01. The molecule has 0 radical (unpaired) electrons. The van der Waals surface area contributed by atoms with Gasteiger partial charge in [0.2, 0.25) is 0 Å². The van der Waals surface area contributed by atoms with Crippen molar-refractivity contribution in [3.8, 4) is 0 Å². The minimum atomic E-state index is -0.0185. The van der Waals surface area contributed by atoms with Gasteiger partial charge in [0.15, 0.2) is 5.78 Å². The van der Waals surface area contributed by atoms with E-state index < -0.39 is 0 Å². The molecule has 2 aromatic carbocycles. The maximum Gasteiger partial charge on any atom is 0.163 e. The van der Waals surface area contributed by atoms with E-state index in [4.69, 9.17) is 0 Å². The second-order valence-corrected chi connectivity index (χ2v) is 7.01. The summed E-state index contributed by atoms with van der Waals surface area (Å²) in [7, 11) is 0. The Morgan fingerprint density at radius 2 is 1.76 bits per heavy atom. The van der Waals surface area contributed by atoms with E-state index in [0.717, 1.165) is 36.8 Å². The molecule has 0 unspecified atom stereocenters. The van der Waals surface area contributed by atoms with Crippen LogP contribution >= 0.6 is 0 Å². The maximum absolute atomic E-state index is 12.9. The van der Waals surface area contributed by atoms with Crippen molar-refractivity contribution >= 4 is 11.6 Å². The first-order valence-electron chi connectivity index (χ1n) is 9.39. The summed E-state index contributed by atoms with van der Waals surface area (Å²) in [5, 5.41) is 0. The summed E-state index contributed by atoms with van der Waals surface area (Å²) < 4.78 is 0. The number of rotatable bonds is 6. The molecule has 0 N–H and O–H groups in total. The highest BCUT2D eigenvalue weighted by Gasteiger charge is 2.32. The average molecular weight is 334 g/mol. The van der Waals surface area contributed by atoms with Crippen LogP contribution < -0.4 is 0 Å². The van der Waals surface area contributed by atoms with Crippen molar-refractivity contribution in [1.82, 2.24) is 0 Å². The minimum absolute atomic E-state index is 0.00708. The Hall–Kier alpha value is -2.22. The molecule has 0 saturated heterocycles. The average Bonchev–Trinajstić information content (AvgIpc) is 2.67. The van der Waals surface area contributed by atoms with Crippen LogP contribution in [-0.4, -0.2) is 11.6 Å². The predicted molar refractivity (Wildman–Crippen MR) is 101 cm³/mol. The quantitative estimate of drug-likeness (QED) is 0.666. The van der Waals surface area contributed by atoms with Gasteiger partial charge in [-0.1, -0.05) is 67.9 Å². The first kappa shape index (κ1) is 17.6. The van der Waals surface area contributed by atoms with Crippen LogP contribution in [0, 0.1) is 5.92 Å². The van der Waals surface area contributed by atoms with E-state index in [9.17, 15) is 9.59 Å². The highest BCUT2D eigenvalue weighted by atomic mass is 16.1. The number of carbonyl (C=O) groups is 2. The zero-order valence-electron chi connectivity index (χ0n) is 14.9.